The van der Waals surface area contributed by atoms with Gasteiger partial charge in [-0.3, -0.25) is 14.7 Å². The third-order valence-electron chi connectivity index (χ3n) is 6.16. The van der Waals surface area contributed by atoms with Crippen molar-refractivity contribution in [2.75, 3.05) is 18.4 Å². The van der Waals surface area contributed by atoms with Gasteiger partial charge in [-0.05, 0) is 73.0 Å². The molecule has 0 unspecified atom stereocenters. The van der Waals surface area contributed by atoms with Crippen LogP contribution < -0.4 is 5.32 Å². The highest BCUT2D eigenvalue weighted by Gasteiger charge is 2.16. The maximum Gasteiger partial charge on any atom is 0.255 e. The fraction of sp³-hybridized carbons (Fsp3) is 0.214. The molecule has 1 amide bonds. The van der Waals surface area contributed by atoms with Crippen molar-refractivity contribution in [2.45, 2.75) is 25.8 Å². The van der Waals surface area contributed by atoms with Crippen LogP contribution in [0, 0.1) is 0 Å². The van der Waals surface area contributed by atoms with E-state index in [0.29, 0.717) is 5.56 Å². The van der Waals surface area contributed by atoms with Gasteiger partial charge in [0, 0.05) is 29.4 Å². The Hall–Kier alpha value is -2.54. The first-order chi connectivity index (χ1) is 15.8. The Morgan fingerprint density at radius 3 is 2.44 bits per heavy atom. The van der Waals surface area contributed by atoms with E-state index >= 15 is 0 Å². The minimum absolute atomic E-state index is 0. The van der Waals surface area contributed by atoms with E-state index < -0.39 is 0 Å². The Bertz CT molecular complexity index is 1240. The Morgan fingerprint density at radius 2 is 1.65 bits per heavy atom. The van der Waals surface area contributed by atoms with Gasteiger partial charge in [-0.1, -0.05) is 55.0 Å². The molecular weight excluding hydrogens is 554 g/mol. The van der Waals surface area contributed by atoms with Crippen molar-refractivity contribution in [3.8, 4) is 11.1 Å². The van der Waals surface area contributed by atoms with Gasteiger partial charge in [0.1, 0.15) is 0 Å². The standard InChI is InChI=1S/C28H27N3O.2BrH/c32-28(30-25-13-11-22-10-7-15-29-27(22)19-25)23-12-14-26(21-8-3-1-4-9-21)24(18-23)20-31-16-5-2-6-17-31;;/h1,3-4,7-15,18-19H,2,5-6,16-17,20H2,(H,30,32);2*1H. The van der Waals surface area contributed by atoms with Crippen LogP contribution in [0.15, 0.2) is 85.1 Å². The fourth-order valence-electron chi connectivity index (χ4n) is 4.47. The van der Waals surface area contributed by atoms with Gasteiger partial charge in [0.25, 0.3) is 5.91 Å². The second kappa shape index (κ2) is 12.2. The molecule has 0 atom stereocenters. The number of likely N-dealkylation sites (tertiary alicyclic amines) is 1. The molecule has 176 valence electrons. The van der Waals surface area contributed by atoms with Gasteiger partial charge in [-0.2, -0.15) is 0 Å². The monoisotopic (exact) mass is 581 g/mol. The van der Waals surface area contributed by atoms with E-state index in [0.717, 1.165) is 36.2 Å². The normalized spacial score (nSPS) is 13.5. The Labute approximate surface area is 221 Å². The zero-order chi connectivity index (χ0) is 21.8. The van der Waals surface area contributed by atoms with Crippen LogP contribution in [-0.4, -0.2) is 28.9 Å². The van der Waals surface area contributed by atoms with Crippen molar-refractivity contribution >= 4 is 56.5 Å². The molecule has 4 aromatic rings. The zero-order valence-electron chi connectivity index (χ0n) is 18.9. The van der Waals surface area contributed by atoms with E-state index in [1.807, 2.05) is 42.5 Å². The molecule has 0 radical (unpaired) electrons. The van der Waals surface area contributed by atoms with Crippen molar-refractivity contribution in [1.82, 2.24) is 9.88 Å². The molecule has 1 aliphatic rings. The van der Waals surface area contributed by atoms with Crippen LogP contribution >= 0.6 is 34.0 Å². The minimum atomic E-state index is -0.0974. The molecule has 0 aliphatic carbocycles. The summed E-state index contributed by atoms with van der Waals surface area (Å²) < 4.78 is 0. The molecule has 34 heavy (non-hydrogen) atoms. The van der Waals surface area contributed by atoms with Crippen LogP contribution in [-0.2, 0) is 6.54 Å². The first-order valence-corrected chi connectivity index (χ1v) is 11.3. The van der Waals surface area contributed by atoms with E-state index in [9.17, 15) is 4.79 Å². The van der Waals surface area contributed by atoms with Crippen molar-refractivity contribution in [1.29, 1.82) is 0 Å². The Balaban J connectivity index is 0.00000162. The summed E-state index contributed by atoms with van der Waals surface area (Å²) in [6, 6.07) is 26.3. The number of nitrogens with one attached hydrogen (secondary N) is 1. The van der Waals surface area contributed by atoms with Crippen molar-refractivity contribution in [3.05, 3.63) is 96.2 Å². The number of halogens is 2. The van der Waals surface area contributed by atoms with E-state index in [2.05, 4.69) is 51.6 Å². The number of rotatable bonds is 5. The highest BCUT2D eigenvalue weighted by Crippen LogP contribution is 2.27. The van der Waals surface area contributed by atoms with Crippen LogP contribution in [0.25, 0.3) is 22.0 Å². The number of carbonyl (C=O) groups excluding carboxylic acids is 1. The minimum Gasteiger partial charge on any atom is -0.322 e. The number of piperidine rings is 1. The molecule has 1 saturated heterocycles. The maximum absolute atomic E-state index is 13.1. The average Bonchev–Trinajstić information content (AvgIpc) is 2.85. The largest absolute Gasteiger partial charge is 0.322 e. The summed E-state index contributed by atoms with van der Waals surface area (Å²) in [5.41, 5.74) is 5.89. The summed E-state index contributed by atoms with van der Waals surface area (Å²) in [7, 11) is 0. The van der Waals surface area contributed by atoms with Crippen LogP contribution in [0.1, 0.15) is 35.2 Å². The molecule has 4 nitrogen and oxygen atoms in total. The second-order valence-electron chi connectivity index (χ2n) is 8.44. The summed E-state index contributed by atoms with van der Waals surface area (Å²) in [4.78, 5) is 20.0. The van der Waals surface area contributed by atoms with Crippen LogP contribution in [0.2, 0.25) is 0 Å². The maximum atomic E-state index is 13.1. The van der Waals surface area contributed by atoms with Crippen molar-refractivity contribution in [3.63, 3.8) is 0 Å². The number of amides is 1. The summed E-state index contributed by atoms with van der Waals surface area (Å²) in [6.45, 7) is 3.11. The fourth-order valence-corrected chi connectivity index (χ4v) is 4.47. The predicted octanol–water partition coefficient (Wildman–Crippen LogP) is 7.30. The molecule has 0 saturated carbocycles. The van der Waals surface area contributed by atoms with Crippen LogP contribution in [0.3, 0.4) is 0 Å². The van der Waals surface area contributed by atoms with Gasteiger partial charge in [0.2, 0.25) is 0 Å². The number of fused-ring (bicyclic) bond motifs is 1. The molecule has 0 bridgehead atoms. The van der Waals surface area contributed by atoms with Crippen LogP contribution in [0.5, 0.6) is 0 Å². The first kappa shape index (κ1) is 26.1. The molecule has 0 spiro atoms. The number of carbonyl (C=O) groups is 1. The number of anilines is 1. The summed E-state index contributed by atoms with van der Waals surface area (Å²) in [5.74, 6) is -0.0974. The predicted molar refractivity (Wildman–Crippen MR) is 151 cm³/mol. The number of pyridine rings is 1. The highest BCUT2D eigenvalue weighted by molar-refractivity contribution is 8.93. The lowest BCUT2D eigenvalue weighted by Gasteiger charge is -2.27. The average molecular weight is 583 g/mol. The van der Waals surface area contributed by atoms with Gasteiger partial charge in [-0.15, -0.1) is 34.0 Å². The molecule has 6 heteroatoms. The SMILES string of the molecule is Br.Br.O=C(Nc1ccc2cccnc2c1)c1ccc(-c2ccccc2)c(CN2CCCCC2)c1. The van der Waals surface area contributed by atoms with Crippen molar-refractivity contribution in [2.24, 2.45) is 0 Å². The lowest BCUT2D eigenvalue weighted by atomic mass is 9.96. The van der Waals surface area contributed by atoms with E-state index in [-0.39, 0.29) is 39.9 Å². The van der Waals surface area contributed by atoms with E-state index in [4.69, 9.17) is 0 Å². The van der Waals surface area contributed by atoms with Gasteiger partial charge in [0.15, 0.2) is 0 Å². The number of aromatic nitrogens is 1. The number of hydrogen-bond donors (Lipinski definition) is 1. The number of benzene rings is 3. The molecule has 1 fully saturated rings. The van der Waals surface area contributed by atoms with Gasteiger partial charge < -0.3 is 5.32 Å². The van der Waals surface area contributed by atoms with E-state index in [1.54, 1.807) is 6.20 Å². The summed E-state index contributed by atoms with van der Waals surface area (Å²) >= 11 is 0. The second-order valence-corrected chi connectivity index (χ2v) is 8.44. The third kappa shape index (κ3) is 6.12. The van der Waals surface area contributed by atoms with Gasteiger partial charge in [0.05, 0.1) is 5.52 Å². The molecule has 5 rings (SSSR count). The molecule has 1 aromatic heterocycles. The van der Waals surface area contributed by atoms with Crippen molar-refractivity contribution < 1.29 is 4.79 Å². The lowest BCUT2D eigenvalue weighted by molar-refractivity contribution is 0.102. The Kier molecular flexibility index (Phi) is 9.39. The molecule has 3 aromatic carbocycles. The van der Waals surface area contributed by atoms with Crippen LogP contribution in [0.4, 0.5) is 5.69 Å². The topological polar surface area (TPSA) is 45.2 Å². The van der Waals surface area contributed by atoms with Gasteiger partial charge in [-0.25, -0.2) is 0 Å². The third-order valence-corrected chi connectivity index (χ3v) is 6.16. The molecule has 1 aliphatic heterocycles. The molecule has 2 heterocycles. The highest BCUT2D eigenvalue weighted by atomic mass is 79.9. The molecule has 1 N–H and O–H groups in total. The summed E-state index contributed by atoms with van der Waals surface area (Å²) in [6.07, 6.45) is 5.57. The lowest BCUT2D eigenvalue weighted by Crippen LogP contribution is -2.29. The molecular formula is C28H29Br2N3O. The van der Waals surface area contributed by atoms with Gasteiger partial charge >= 0.3 is 0 Å². The number of hydrogen-bond acceptors (Lipinski definition) is 3. The van der Waals surface area contributed by atoms with E-state index in [1.165, 1.54) is 36.0 Å². The Morgan fingerprint density at radius 1 is 0.853 bits per heavy atom. The number of nitrogens with zero attached hydrogens (tertiary/aromatic N) is 2. The smallest absolute Gasteiger partial charge is 0.255 e. The summed E-state index contributed by atoms with van der Waals surface area (Å²) in [5, 5.41) is 4.10. The first-order valence-electron chi connectivity index (χ1n) is 11.3. The zero-order valence-corrected chi connectivity index (χ0v) is 22.4. The quantitative estimate of drug-likeness (QED) is 0.268.